The van der Waals surface area contributed by atoms with Crippen molar-refractivity contribution in [1.29, 1.82) is 0 Å². The van der Waals surface area contributed by atoms with Crippen LogP contribution in [0.25, 0.3) is 0 Å². The molecule has 2 heterocycles. The highest BCUT2D eigenvalue weighted by atomic mass is 32.2. The molecule has 2 rings (SSSR count). The molecular formula is C13H23N3O2S2. The maximum atomic E-state index is 12.6. The lowest BCUT2D eigenvalue weighted by Gasteiger charge is -2.36. The summed E-state index contributed by atoms with van der Waals surface area (Å²) in [4.78, 5) is 1.21. The summed E-state index contributed by atoms with van der Waals surface area (Å²) in [5.41, 5.74) is 5.72. The van der Waals surface area contributed by atoms with E-state index in [9.17, 15) is 8.42 Å². The first-order valence-corrected chi connectivity index (χ1v) is 9.29. The van der Waals surface area contributed by atoms with Gasteiger partial charge in [0.15, 0.2) is 0 Å². The lowest BCUT2D eigenvalue weighted by Crippen LogP contribution is -2.52. The van der Waals surface area contributed by atoms with Crippen LogP contribution in [0.1, 0.15) is 24.1 Å². The maximum Gasteiger partial charge on any atom is 0.282 e. The first-order chi connectivity index (χ1) is 9.55. The minimum Gasteiger partial charge on any atom is -0.329 e. The molecule has 0 spiro atoms. The third-order valence-electron chi connectivity index (χ3n) is 3.79. The average Bonchev–Trinajstić information content (AvgIpc) is 2.97. The van der Waals surface area contributed by atoms with Crippen molar-refractivity contribution in [2.24, 2.45) is 5.73 Å². The topological polar surface area (TPSA) is 66.6 Å². The van der Waals surface area contributed by atoms with Crippen LogP contribution < -0.4 is 5.73 Å². The van der Waals surface area contributed by atoms with Gasteiger partial charge in [0.2, 0.25) is 0 Å². The van der Waals surface area contributed by atoms with Gasteiger partial charge in [-0.25, -0.2) is 0 Å². The van der Waals surface area contributed by atoms with Crippen LogP contribution >= 0.6 is 11.3 Å². The molecule has 7 heteroatoms. The molecule has 1 atom stereocenters. The Bertz CT molecular complexity index is 502. The quantitative estimate of drug-likeness (QED) is 0.859. The van der Waals surface area contributed by atoms with Crippen LogP contribution in [-0.4, -0.2) is 49.8 Å². The van der Waals surface area contributed by atoms with Gasteiger partial charge < -0.3 is 5.73 Å². The summed E-state index contributed by atoms with van der Waals surface area (Å²) in [5.74, 6) is 0. The Kier molecular flexibility index (Phi) is 5.57. The molecule has 0 bridgehead atoms. The number of hydrogen-bond acceptors (Lipinski definition) is 4. The van der Waals surface area contributed by atoms with E-state index in [2.05, 4.69) is 0 Å². The minimum absolute atomic E-state index is 0.0436. The van der Waals surface area contributed by atoms with Gasteiger partial charge in [-0.3, -0.25) is 0 Å². The summed E-state index contributed by atoms with van der Waals surface area (Å²) in [6.07, 6.45) is 3.62. The fourth-order valence-corrected chi connectivity index (χ4v) is 4.84. The van der Waals surface area contributed by atoms with Gasteiger partial charge in [0.05, 0.1) is 0 Å². The highest BCUT2D eigenvalue weighted by Gasteiger charge is 2.34. The molecule has 1 aliphatic heterocycles. The number of hydrogen-bond donors (Lipinski definition) is 1. The Morgan fingerprint density at radius 2 is 2.30 bits per heavy atom. The van der Waals surface area contributed by atoms with E-state index in [0.717, 1.165) is 25.7 Å². The number of nitrogens with zero attached hydrogens (tertiary/aromatic N) is 2. The zero-order valence-corrected chi connectivity index (χ0v) is 13.5. The van der Waals surface area contributed by atoms with Gasteiger partial charge in [0, 0.05) is 37.6 Å². The van der Waals surface area contributed by atoms with Crippen LogP contribution in [0, 0.1) is 0 Å². The Hall–Kier alpha value is -0.470. The zero-order valence-electron chi connectivity index (χ0n) is 11.9. The molecule has 1 fully saturated rings. The second kappa shape index (κ2) is 7.00. The van der Waals surface area contributed by atoms with Gasteiger partial charge in [0.1, 0.15) is 0 Å². The van der Waals surface area contributed by atoms with E-state index in [1.807, 2.05) is 17.5 Å². The average molecular weight is 317 g/mol. The number of nitrogens with two attached hydrogens (primary N) is 1. The summed E-state index contributed by atoms with van der Waals surface area (Å²) in [6.45, 7) is 1.50. The lowest BCUT2D eigenvalue weighted by molar-refractivity contribution is 0.241. The standard InChI is InChI=1S/C13H23N3O2S2/c1-15(9-7-13-6-4-10-19-13)20(17,18)16-8-3-2-5-12(16)11-14/h4,6,10,12H,2-3,5,7-9,11,14H2,1H3. The van der Waals surface area contributed by atoms with E-state index in [0.29, 0.717) is 19.6 Å². The van der Waals surface area contributed by atoms with Crippen molar-refractivity contribution in [1.82, 2.24) is 8.61 Å². The van der Waals surface area contributed by atoms with Crippen molar-refractivity contribution in [3.8, 4) is 0 Å². The van der Waals surface area contributed by atoms with Crippen molar-refractivity contribution >= 4 is 21.5 Å². The highest BCUT2D eigenvalue weighted by molar-refractivity contribution is 7.86. The second-order valence-corrected chi connectivity index (χ2v) is 8.17. The zero-order chi connectivity index (χ0) is 14.6. The fourth-order valence-electron chi connectivity index (χ4n) is 2.53. The van der Waals surface area contributed by atoms with Gasteiger partial charge in [-0.1, -0.05) is 12.5 Å². The SMILES string of the molecule is CN(CCc1cccs1)S(=O)(=O)N1CCCCC1CN. The Balaban J connectivity index is 2.00. The van der Waals surface area contributed by atoms with Crippen molar-refractivity contribution in [2.75, 3.05) is 26.7 Å². The van der Waals surface area contributed by atoms with Crippen LogP contribution in [0.2, 0.25) is 0 Å². The summed E-state index contributed by atoms with van der Waals surface area (Å²) in [7, 11) is -1.73. The Morgan fingerprint density at radius 1 is 1.50 bits per heavy atom. The molecule has 1 aromatic heterocycles. The molecule has 0 saturated carbocycles. The molecule has 1 saturated heterocycles. The maximum absolute atomic E-state index is 12.6. The van der Waals surface area contributed by atoms with E-state index in [4.69, 9.17) is 5.73 Å². The Labute approximate surface area is 125 Å². The third kappa shape index (κ3) is 3.59. The molecule has 0 radical (unpaired) electrons. The molecule has 20 heavy (non-hydrogen) atoms. The first-order valence-electron chi connectivity index (χ1n) is 7.01. The van der Waals surface area contributed by atoms with Crippen molar-refractivity contribution in [3.05, 3.63) is 22.4 Å². The fraction of sp³-hybridized carbons (Fsp3) is 0.692. The molecule has 0 aromatic carbocycles. The van der Waals surface area contributed by atoms with Gasteiger partial charge >= 0.3 is 0 Å². The van der Waals surface area contributed by atoms with Crippen molar-refractivity contribution in [3.63, 3.8) is 0 Å². The molecule has 0 aliphatic carbocycles. The number of rotatable bonds is 6. The van der Waals surface area contributed by atoms with Crippen LogP contribution in [0.15, 0.2) is 17.5 Å². The third-order valence-corrected chi connectivity index (χ3v) is 6.77. The summed E-state index contributed by atoms with van der Waals surface area (Å²) in [5, 5.41) is 2.01. The number of piperidine rings is 1. The molecule has 2 N–H and O–H groups in total. The second-order valence-electron chi connectivity index (χ2n) is 5.15. The minimum atomic E-state index is -3.39. The number of likely N-dealkylation sites (N-methyl/N-ethyl adjacent to an activating group) is 1. The monoisotopic (exact) mass is 317 g/mol. The van der Waals surface area contributed by atoms with Crippen LogP contribution in [-0.2, 0) is 16.6 Å². The predicted molar refractivity (Wildman–Crippen MR) is 83.0 cm³/mol. The lowest BCUT2D eigenvalue weighted by atomic mass is 10.1. The Morgan fingerprint density at radius 3 is 2.95 bits per heavy atom. The van der Waals surface area contributed by atoms with E-state index in [1.165, 1.54) is 9.18 Å². The molecular weight excluding hydrogens is 294 g/mol. The normalized spacial score (nSPS) is 21.4. The molecule has 1 unspecified atom stereocenters. The van der Waals surface area contributed by atoms with Crippen molar-refractivity contribution in [2.45, 2.75) is 31.7 Å². The molecule has 5 nitrogen and oxygen atoms in total. The largest absolute Gasteiger partial charge is 0.329 e. The summed E-state index contributed by atoms with van der Waals surface area (Å²) >= 11 is 1.66. The molecule has 1 aliphatic rings. The van der Waals surface area contributed by atoms with Crippen LogP contribution in [0.4, 0.5) is 0 Å². The highest BCUT2D eigenvalue weighted by Crippen LogP contribution is 2.21. The van der Waals surface area contributed by atoms with Gasteiger partial charge in [-0.2, -0.15) is 17.0 Å². The van der Waals surface area contributed by atoms with Crippen LogP contribution in [0.3, 0.4) is 0 Å². The van der Waals surface area contributed by atoms with Gasteiger partial charge in [0.25, 0.3) is 10.2 Å². The summed E-state index contributed by atoms with van der Waals surface area (Å²) in [6, 6.07) is 3.98. The van der Waals surface area contributed by atoms with E-state index >= 15 is 0 Å². The first kappa shape index (κ1) is 15.9. The van der Waals surface area contributed by atoms with E-state index in [-0.39, 0.29) is 6.04 Å². The molecule has 1 aromatic rings. The van der Waals surface area contributed by atoms with Gasteiger partial charge in [-0.05, 0) is 30.7 Å². The van der Waals surface area contributed by atoms with E-state index < -0.39 is 10.2 Å². The summed E-state index contributed by atoms with van der Waals surface area (Å²) < 4.78 is 28.3. The molecule has 0 amide bonds. The predicted octanol–water partition coefficient (Wildman–Crippen LogP) is 1.28. The number of thiophene rings is 1. The van der Waals surface area contributed by atoms with Crippen LogP contribution in [0.5, 0.6) is 0 Å². The van der Waals surface area contributed by atoms with Gasteiger partial charge in [-0.15, -0.1) is 11.3 Å². The smallest absolute Gasteiger partial charge is 0.282 e. The molecule has 114 valence electrons. The van der Waals surface area contributed by atoms with E-state index in [1.54, 1.807) is 22.7 Å². The van der Waals surface area contributed by atoms with Crippen molar-refractivity contribution < 1.29 is 8.42 Å².